The summed E-state index contributed by atoms with van der Waals surface area (Å²) in [6.45, 7) is 0. The maximum absolute atomic E-state index is 12.4. The second-order valence-corrected chi connectivity index (χ2v) is 3.10. The molecule has 0 spiro atoms. The summed E-state index contributed by atoms with van der Waals surface area (Å²) in [4.78, 5) is 14.2. The number of aldehydes is 1. The van der Waals surface area contributed by atoms with Crippen molar-refractivity contribution >= 4 is 29.5 Å². The standard InChI is InChI=1S/C8H5Cl2F2NO/c9-2-6-5(3-14)4(8(11)12)1-7(10)13-6/h1,3,8H,2H2. The molecule has 0 aliphatic carbocycles. The van der Waals surface area contributed by atoms with Gasteiger partial charge >= 0.3 is 0 Å². The summed E-state index contributed by atoms with van der Waals surface area (Å²) in [5.41, 5.74) is -0.542. The van der Waals surface area contributed by atoms with Crippen LogP contribution in [0.15, 0.2) is 6.07 Å². The van der Waals surface area contributed by atoms with Gasteiger partial charge in [0.25, 0.3) is 6.43 Å². The molecule has 0 radical (unpaired) electrons. The first-order valence-corrected chi connectivity index (χ1v) is 4.50. The summed E-state index contributed by atoms with van der Waals surface area (Å²) in [6, 6.07) is 0.964. The Morgan fingerprint density at radius 2 is 2.21 bits per heavy atom. The second-order valence-electron chi connectivity index (χ2n) is 2.45. The van der Waals surface area contributed by atoms with E-state index in [9.17, 15) is 13.6 Å². The van der Waals surface area contributed by atoms with Crippen LogP contribution in [0, 0.1) is 0 Å². The van der Waals surface area contributed by atoms with Crippen LogP contribution >= 0.6 is 23.2 Å². The van der Waals surface area contributed by atoms with E-state index in [-0.39, 0.29) is 22.3 Å². The normalized spacial score (nSPS) is 10.6. The Morgan fingerprint density at radius 3 is 2.64 bits per heavy atom. The number of hydrogen-bond donors (Lipinski definition) is 0. The molecular weight excluding hydrogens is 235 g/mol. The predicted molar refractivity (Wildman–Crippen MR) is 49.1 cm³/mol. The fourth-order valence-corrected chi connectivity index (χ4v) is 1.44. The zero-order valence-electron chi connectivity index (χ0n) is 6.81. The van der Waals surface area contributed by atoms with E-state index in [4.69, 9.17) is 23.2 Å². The lowest BCUT2D eigenvalue weighted by Gasteiger charge is -2.07. The zero-order chi connectivity index (χ0) is 10.7. The van der Waals surface area contributed by atoms with Gasteiger partial charge in [0.1, 0.15) is 5.15 Å². The molecule has 0 fully saturated rings. The summed E-state index contributed by atoms with van der Waals surface area (Å²) in [7, 11) is 0. The minimum atomic E-state index is -2.77. The van der Waals surface area contributed by atoms with Gasteiger partial charge in [-0.1, -0.05) is 11.6 Å². The summed E-state index contributed by atoms with van der Waals surface area (Å²) in [5, 5.41) is -0.0958. The van der Waals surface area contributed by atoms with Crippen molar-refractivity contribution in [3.8, 4) is 0 Å². The van der Waals surface area contributed by atoms with Gasteiger partial charge in [-0.3, -0.25) is 4.79 Å². The Morgan fingerprint density at radius 1 is 1.57 bits per heavy atom. The Balaban J connectivity index is 3.39. The molecule has 2 nitrogen and oxygen atoms in total. The monoisotopic (exact) mass is 239 g/mol. The van der Waals surface area contributed by atoms with Gasteiger partial charge in [0, 0.05) is 11.1 Å². The van der Waals surface area contributed by atoms with Crippen LogP contribution in [0.4, 0.5) is 8.78 Å². The van der Waals surface area contributed by atoms with E-state index in [1.165, 1.54) is 0 Å². The number of carbonyl (C=O) groups is 1. The van der Waals surface area contributed by atoms with E-state index in [1.807, 2.05) is 0 Å². The molecule has 76 valence electrons. The largest absolute Gasteiger partial charge is 0.298 e. The van der Waals surface area contributed by atoms with Crippen LogP contribution in [0.25, 0.3) is 0 Å². The number of hydrogen-bond acceptors (Lipinski definition) is 2. The molecule has 0 aliphatic heterocycles. The molecule has 0 unspecified atom stereocenters. The fourth-order valence-electron chi connectivity index (χ4n) is 1.01. The molecule has 14 heavy (non-hydrogen) atoms. The van der Waals surface area contributed by atoms with Crippen LogP contribution < -0.4 is 0 Å². The summed E-state index contributed by atoms with van der Waals surface area (Å²) in [5.74, 6) is -0.131. The lowest BCUT2D eigenvalue weighted by molar-refractivity contribution is 0.110. The van der Waals surface area contributed by atoms with Crippen LogP contribution in [0.1, 0.15) is 28.0 Å². The number of rotatable bonds is 3. The highest BCUT2D eigenvalue weighted by Gasteiger charge is 2.17. The third-order valence-corrected chi connectivity index (χ3v) is 2.06. The fraction of sp³-hybridized carbons (Fsp3) is 0.250. The summed E-state index contributed by atoms with van der Waals surface area (Å²) < 4.78 is 24.8. The van der Waals surface area contributed by atoms with Crippen LogP contribution in [0.5, 0.6) is 0 Å². The third-order valence-electron chi connectivity index (χ3n) is 1.62. The summed E-state index contributed by atoms with van der Waals surface area (Å²) in [6.07, 6.45) is -2.46. The molecule has 1 rings (SSSR count). The maximum atomic E-state index is 12.4. The van der Waals surface area contributed by atoms with E-state index in [0.717, 1.165) is 6.07 Å². The Bertz CT molecular complexity index is 357. The van der Waals surface area contributed by atoms with Crippen molar-refractivity contribution in [2.24, 2.45) is 0 Å². The van der Waals surface area contributed by atoms with Crippen molar-refractivity contribution in [1.29, 1.82) is 0 Å². The smallest absolute Gasteiger partial charge is 0.264 e. The molecule has 6 heteroatoms. The maximum Gasteiger partial charge on any atom is 0.264 e. The first-order chi connectivity index (χ1) is 6.60. The number of carbonyl (C=O) groups excluding carboxylic acids is 1. The van der Waals surface area contributed by atoms with E-state index >= 15 is 0 Å². The highest BCUT2D eigenvalue weighted by atomic mass is 35.5. The molecule has 1 aromatic heterocycles. The average Bonchev–Trinajstić information content (AvgIpc) is 2.16. The van der Waals surface area contributed by atoms with Gasteiger partial charge < -0.3 is 0 Å². The van der Waals surface area contributed by atoms with E-state index in [1.54, 1.807) is 0 Å². The molecule has 0 saturated carbocycles. The molecule has 0 amide bonds. The van der Waals surface area contributed by atoms with Crippen molar-refractivity contribution in [2.45, 2.75) is 12.3 Å². The predicted octanol–water partition coefficient (Wildman–Crippen LogP) is 3.22. The van der Waals surface area contributed by atoms with Crippen molar-refractivity contribution in [3.63, 3.8) is 0 Å². The second kappa shape index (κ2) is 4.66. The van der Waals surface area contributed by atoms with E-state index in [2.05, 4.69) is 4.98 Å². The van der Waals surface area contributed by atoms with Gasteiger partial charge in [-0.2, -0.15) is 0 Å². The van der Waals surface area contributed by atoms with Gasteiger partial charge in [0.2, 0.25) is 0 Å². The number of alkyl halides is 3. The quantitative estimate of drug-likeness (QED) is 0.461. The van der Waals surface area contributed by atoms with Gasteiger partial charge in [0.05, 0.1) is 11.6 Å². The average molecular weight is 240 g/mol. The van der Waals surface area contributed by atoms with Crippen molar-refractivity contribution in [1.82, 2.24) is 4.98 Å². The molecule has 0 saturated heterocycles. The first-order valence-electron chi connectivity index (χ1n) is 3.58. The minimum absolute atomic E-state index is 0.0736. The molecule has 0 aliphatic rings. The molecule has 0 atom stereocenters. The molecule has 0 N–H and O–H groups in total. The Kier molecular flexibility index (Phi) is 3.77. The lowest BCUT2D eigenvalue weighted by atomic mass is 10.1. The number of halogens is 4. The molecule has 0 bridgehead atoms. The molecule has 0 aromatic carbocycles. The Hall–Kier alpha value is -0.740. The molecule has 1 aromatic rings. The van der Waals surface area contributed by atoms with Crippen molar-refractivity contribution in [2.75, 3.05) is 0 Å². The van der Waals surface area contributed by atoms with Gasteiger partial charge in [-0.25, -0.2) is 13.8 Å². The SMILES string of the molecule is O=Cc1c(C(F)F)cc(Cl)nc1CCl. The van der Waals surface area contributed by atoms with Crippen LogP contribution in [0.2, 0.25) is 5.15 Å². The van der Waals surface area contributed by atoms with Crippen LogP contribution in [-0.2, 0) is 5.88 Å². The highest BCUT2D eigenvalue weighted by molar-refractivity contribution is 6.29. The number of pyridine rings is 1. The molecule has 1 heterocycles. The zero-order valence-corrected chi connectivity index (χ0v) is 8.32. The third kappa shape index (κ3) is 2.19. The van der Waals surface area contributed by atoms with Crippen molar-refractivity contribution < 1.29 is 13.6 Å². The Labute approximate surface area is 88.8 Å². The topological polar surface area (TPSA) is 30.0 Å². The van der Waals surface area contributed by atoms with Gasteiger partial charge in [-0.15, -0.1) is 11.6 Å². The van der Waals surface area contributed by atoms with Gasteiger partial charge in [0.15, 0.2) is 6.29 Å². The number of nitrogens with zero attached hydrogens (tertiary/aromatic N) is 1. The highest BCUT2D eigenvalue weighted by Crippen LogP contribution is 2.26. The van der Waals surface area contributed by atoms with E-state index < -0.39 is 12.0 Å². The van der Waals surface area contributed by atoms with Gasteiger partial charge in [-0.05, 0) is 6.07 Å². The van der Waals surface area contributed by atoms with E-state index in [0.29, 0.717) is 6.29 Å². The first kappa shape index (κ1) is 11.3. The van der Waals surface area contributed by atoms with Crippen LogP contribution in [0.3, 0.4) is 0 Å². The van der Waals surface area contributed by atoms with Crippen molar-refractivity contribution in [3.05, 3.63) is 28.0 Å². The lowest BCUT2D eigenvalue weighted by Crippen LogP contribution is -2.01. The minimum Gasteiger partial charge on any atom is -0.298 e. The molecular formula is C8H5Cl2F2NO. The van der Waals surface area contributed by atoms with Crippen LogP contribution in [-0.4, -0.2) is 11.3 Å². The number of aromatic nitrogens is 1. The summed E-state index contributed by atoms with van der Waals surface area (Å²) >= 11 is 10.9.